The van der Waals surface area contributed by atoms with E-state index in [2.05, 4.69) is 20.2 Å². The molecule has 1 fully saturated rings. The van der Waals surface area contributed by atoms with E-state index < -0.39 is 23.8 Å². The SMILES string of the molecule is COc1ccc(-c2nc(C(=O)NCc3cccc(N4CC[C@@H](O)C4)c3)c([C@H](C)N)o2)c2ccc(C(F)(F)F)nc12. The van der Waals surface area contributed by atoms with E-state index in [0.717, 1.165) is 23.9 Å². The van der Waals surface area contributed by atoms with Crippen LogP contribution in [-0.4, -0.2) is 47.3 Å². The van der Waals surface area contributed by atoms with Crippen molar-refractivity contribution in [3.63, 3.8) is 0 Å². The number of oxazole rings is 1. The molecule has 2 aromatic heterocycles. The van der Waals surface area contributed by atoms with E-state index in [-0.39, 0.29) is 41.3 Å². The molecule has 2 atom stereocenters. The Kier molecular flexibility index (Phi) is 7.39. The van der Waals surface area contributed by atoms with Crippen LogP contribution in [0.25, 0.3) is 22.4 Å². The molecular formula is C28H28F3N5O4. The van der Waals surface area contributed by atoms with E-state index in [1.54, 1.807) is 13.0 Å². The first-order valence-corrected chi connectivity index (χ1v) is 12.7. The first-order valence-electron chi connectivity index (χ1n) is 12.7. The van der Waals surface area contributed by atoms with E-state index in [9.17, 15) is 23.1 Å². The number of nitrogens with zero attached hydrogens (tertiary/aromatic N) is 3. The molecule has 4 N–H and O–H groups in total. The number of nitrogens with two attached hydrogens (primary N) is 1. The summed E-state index contributed by atoms with van der Waals surface area (Å²) >= 11 is 0. The Hall–Kier alpha value is -4.16. The molecule has 12 heteroatoms. The molecule has 3 heterocycles. The number of benzene rings is 2. The van der Waals surface area contributed by atoms with Gasteiger partial charge >= 0.3 is 6.18 Å². The third-order valence-corrected chi connectivity index (χ3v) is 6.74. The number of aromatic nitrogens is 2. The van der Waals surface area contributed by atoms with Crippen molar-refractivity contribution in [3.05, 3.63) is 71.2 Å². The summed E-state index contributed by atoms with van der Waals surface area (Å²) in [5, 5.41) is 13.0. The summed E-state index contributed by atoms with van der Waals surface area (Å²) in [5.74, 6) is -0.218. The van der Waals surface area contributed by atoms with Crippen LogP contribution in [0.2, 0.25) is 0 Å². The Morgan fingerprint density at radius 3 is 2.73 bits per heavy atom. The summed E-state index contributed by atoms with van der Waals surface area (Å²) in [7, 11) is 1.34. The summed E-state index contributed by atoms with van der Waals surface area (Å²) in [6.45, 7) is 3.16. The molecule has 0 saturated carbocycles. The number of β-amino-alcohol motifs (C(OH)–C–C–N with tert-alkyl or cyclic N) is 1. The molecule has 0 spiro atoms. The highest BCUT2D eigenvalue weighted by Crippen LogP contribution is 2.37. The molecule has 0 unspecified atom stereocenters. The van der Waals surface area contributed by atoms with Crippen LogP contribution in [0, 0.1) is 0 Å². The number of hydrogen-bond donors (Lipinski definition) is 3. The zero-order valence-corrected chi connectivity index (χ0v) is 21.8. The van der Waals surface area contributed by atoms with Crippen LogP contribution in [0.15, 0.2) is 52.9 Å². The normalized spacial score (nSPS) is 16.4. The molecule has 210 valence electrons. The quantitative estimate of drug-likeness (QED) is 0.306. The van der Waals surface area contributed by atoms with Crippen molar-refractivity contribution in [1.29, 1.82) is 0 Å². The Balaban J connectivity index is 1.43. The average molecular weight is 556 g/mol. The molecule has 9 nitrogen and oxygen atoms in total. The lowest BCUT2D eigenvalue weighted by atomic mass is 10.1. The van der Waals surface area contributed by atoms with E-state index in [1.165, 1.54) is 19.2 Å². The third kappa shape index (κ3) is 5.45. The van der Waals surface area contributed by atoms with Gasteiger partial charge in [0, 0.05) is 36.3 Å². The molecule has 0 aliphatic carbocycles. The summed E-state index contributed by atoms with van der Waals surface area (Å²) < 4.78 is 51.1. The molecule has 0 bridgehead atoms. The number of carbonyl (C=O) groups is 1. The summed E-state index contributed by atoms with van der Waals surface area (Å²) in [4.78, 5) is 23.4. The van der Waals surface area contributed by atoms with Gasteiger partial charge in [0.1, 0.15) is 17.0 Å². The summed E-state index contributed by atoms with van der Waals surface area (Å²) in [5.41, 5.74) is 7.11. The van der Waals surface area contributed by atoms with Crippen molar-refractivity contribution in [3.8, 4) is 17.2 Å². The number of rotatable bonds is 7. The van der Waals surface area contributed by atoms with Gasteiger partial charge in [-0.1, -0.05) is 12.1 Å². The smallest absolute Gasteiger partial charge is 0.433 e. The zero-order chi connectivity index (χ0) is 28.6. The minimum absolute atomic E-state index is 0.0150. The topological polar surface area (TPSA) is 127 Å². The van der Waals surface area contributed by atoms with Crippen molar-refractivity contribution < 1.29 is 32.2 Å². The number of alkyl halides is 3. The number of aliphatic hydroxyl groups is 1. The maximum atomic E-state index is 13.3. The van der Waals surface area contributed by atoms with E-state index >= 15 is 0 Å². The Morgan fingerprint density at radius 1 is 1.25 bits per heavy atom. The predicted molar refractivity (Wildman–Crippen MR) is 142 cm³/mol. The number of anilines is 1. The Morgan fingerprint density at radius 2 is 2.05 bits per heavy atom. The van der Waals surface area contributed by atoms with Gasteiger partial charge in [-0.3, -0.25) is 4.79 Å². The molecule has 1 saturated heterocycles. The number of pyridine rings is 1. The third-order valence-electron chi connectivity index (χ3n) is 6.74. The summed E-state index contributed by atoms with van der Waals surface area (Å²) in [6.07, 6.45) is -4.29. The minimum atomic E-state index is -4.64. The number of aliphatic hydroxyl groups excluding tert-OH is 1. The monoisotopic (exact) mass is 555 g/mol. The maximum Gasteiger partial charge on any atom is 0.433 e. The molecule has 4 aromatic rings. The fourth-order valence-electron chi connectivity index (χ4n) is 4.73. The fraction of sp³-hybridized carbons (Fsp3) is 0.321. The lowest BCUT2D eigenvalue weighted by Crippen LogP contribution is -2.26. The van der Waals surface area contributed by atoms with Crippen molar-refractivity contribution in [2.24, 2.45) is 5.73 Å². The van der Waals surface area contributed by atoms with Crippen LogP contribution in [0.5, 0.6) is 5.75 Å². The highest BCUT2D eigenvalue weighted by molar-refractivity contribution is 5.98. The van der Waals surface area contributed by atoms with Crippen molar-refractivity contribution in [2.75, 3.05) is 25.1 Å². The first kappa shape index (κ1) is 27.4. The number of fused-ring (bicyclic) bond motifs is 1. The van der Waals surface area contributed by atoms with Crippen LogP contribution in [0.1, 0.15) is 46.9 Å². The van der Waals surface area contributed by atoms with Gasteiger partial charge in [-0.2, -0.15) is 13.2 Å². The molecular weight excluding hydrogens is 527 g/mol. The first-order chi connectivity index (χ1) is 19.0. The van der Waals surface area contributed by atoms with Crippen molar-refractivity contribution in [1.82, 2.24) is 15.3 Å². The number of halogens is 3. The minimum Gasteiger partial charge on any atom is -0.494 e. The van der Waals surface area contributed by atoms with Gasteiger partial charge in [-0.15, -0.1) is 0 Å². The van der Waals surface area contributed by atoms with Crippen LogP contribution in [0.3, 0.4) is 0 Å². The average Bonchev–Trinajstić information content (AvgIpc) is 3.57. The van der Waals surface area contributed by atoms with Crippen LogP contribution >= 0.6 is 0 Å². The zero-order valence-electron chi connectivity index (χ0n) is 21.8. The number of carbonyl (C=O) groups excluding carboxylic acids is 1. The number of ether oxygens (including phenoxy) is 1. The molecule has 2 aromatic carbocycles. The second-order valence-electron chi connectivity index (χ2n) is 9.67. The second-order valence-corrected chi connectivity index (χ2v) is 9.67. The van der Waals surface area contributed by atoms with Gasteiger partial charge < -0.3 is 30.2 Å². The van der Waals surface area contributed by atoms with Crippen molar-refractivity contribution >= 4 is 22.5 Å². The predicted octanol–water partition coefficient (Wildman–Crippen LogP) is 4.44. The molecule has 1 amide bonds. The molecule has 1 aliphatic rings. The number of nitrogens with one attached hydrogen (secondary N) is 1. The lowest BCUT2D eigenvalue weighted by Gasteiger charge is -2.18. The number of methoxy groups -OCH3 is 1. The molecule has 40 heavy (non-hydrogen) atoms. The molecule has 0 radical (unpaired) electrons. The van der Waals surface area contributed by atoms with E-state index in [0.29, 0.717) is 23.9 Å². The Bertz CT molecular complexity index is 1550. The largest absolute Gasteiger partial charge is 0.494 e. The van der Waals surface area contributed by atoms with Gasteiger partial charge in [0.15, 0.2) is 11.5 Å². The molecule has 1 aliphatic heterocycles. The standard InChI is InChI=1S/C28H28F3N5O4/c1-15(32)25-24(26(38)33-13-16-4-3-5-17(12-16)36-11-10-18(37)14-36)35-27(40-25)20-6-8-21(39-2)23-19(20)7-9-22(34-23)28(29,30)31/h3-9,12,15,18,37H,10-11,13-14,32H2,1-2H3,(H,33,38)/t15-,18+/m0/s1. The van der Waals surface area contributed by atoms with Crippen LogP contribution in [-0.2, 0) is 12.7 Å². The van der Waals surface area contributed by atoms with E-state index in [4.69, 9.17) is 14.9 Å². The van der Waals surface area contributed by atoms with Gasteiger partial charge in [0.25, 0.3) is 5.91 Å². The lowest BCUT2D eigenvalue weighted by molar-refractivity contribution is -0.140. The van der Waals surface area contributed by atoms with Gasteiger partial charge in [0.2, 0.25) is 5.89 Å². The number of amides is 1. The van der Waals surface area contributed by atoms with E-state index in [1.807, 2.05) is 24.3 Å². The van der Waals surface area contributed by atoms with Crippen LogP contribution < -0.4 is 20.7 Å². The fourth-order valence-corrected chi connectivity index (χ4v) is 4.73. The summed E-state index contributed by atoms with van der Waals surface area (Å²) in [6, 6.07) is 12.2. The maximum absolute atomic E-state index is 13.3. The van der Waals surface area contributed by atoms with Crippen molar-refractivity contribution in [2.45, 2.75) is 38.2 Å². The van der Waals surface area contributed by atoms with Gasteiger partial charge in [0.05, 0.1) is 19.3 Å². The van der Waals surface area contributed by atoms with Crippen LogP contribution in [0.4, 0.5) is 18.9 Å². The number of hydrogen-bond acceptors (Lipinski definition) is 8. The Labute approximate surface area is 227 Å². The second kappa shape index (κ2) is 10.8. The molecule has 5 rings (SSSR count). The van der Waals surface area contributed by atoms with Gasteiger partial charge in [-0.25, -0.2) is 9.97 Å². The highest BCUT2D eigenvalue weighted by Gasteiger charge is 2.33. The van der Waals surface area contributed by atoms with Gasteiger partial charge in [-0.05, 0) is 55.3 Å². The highest BCUT2D eigenvalue weighted by atomic mass is 19.4.